The lowest BCUT2D eigenvalue weighted by Crippen LogP contribution is -2.30. The predicted molar refractivity (Wildman–Crippen MR) is 136 cm³/mol. The number of hydrogen-bond acceptors (Lipinski definition) is 5. The molecule has 0 amide bonds. The maximum absolute atomic E-state index is 13.0. The van der Waals surface area contributed by atoms with Crippen molar-refractivity contribution in [3.05, 3.63) is 86.5 Å². The molecule has 1 aliphatic heterocycles. The largest absolute Gasteiger partial charge is 0.335 e. The van der Waals surface area contributed by atoms with Gasteiger partial charge in [0.15, 0.2) is 11.2 Å². The second kappa shape index (κ2) is 8.78. The van der Waals surface area contributed by atoms with Gasteiger partial charge < -0.3 is 9.13 Å². The van der Waals surface area contributed by atoms with E-state index in [-0.39, 0.29) is 0 Å². The van der Waals surface area contributed by atoms with Crippen molar-refractivity contribution >= 4 is 11.2 Å². The number of H-pyrrole nitrogens is 1. The Morgan fingerprint density at radius 1 is 1.03 bits per heavy atom. The van der Waals surface area contributed by atoms with Gasteiger partial charge in [0.25, 0.3) is 5.56 Å². The summed E-state index contributed by atoms with van der Waals surface area (Å²) in [6, 6.07) is 10.1. The number of aryl methyl sites for hydroxylation is 4. The van der Waals surface area contributed by atoms with Crippen LogP contribution in [0.1, 0.15) is 42.7 Å². The minimum Gasteiger partial charge on any atom is -0.335 e. The van der Waals surface area contributed by atoms with E-state index in [1.165, 1.54) is 4.57 Å². The van der Waals surface area contributed by atoms with Gasteiger partial charge in [-0.25, -0.2) is 14.8 Å². The number of hydrogen-bond donors (Lipinski definition) is 1. The third kappa shape index (κ3) is 3.88. The minimum absolute atomic E-state index is 0.407. The first-order chi connectivity index (χ1) is 17.5. The summed E-state index contributed by atoms with van der Waals surface area (Å²) in [7, 11) is 1.90. The third-order valence-electron chi connectivity index (χ3n) is 6.88. The Labute approximate surface area is 206 Å². The van der Waals surface area contributed by atoms with Crippen LogP contribution in [0.3, 0.4) is 0 Å². The molecule has 10 heteroatoms. The minimum atomic E-state index is -0.441. The molecule has 0 radical (unpaired) electrons. The summed E-state index contributed by atoms with van der Waals surface area (Å²) in [5.41, 5.74) is 3.83. The molecule has 1 aromatic carbocycles. The standard InChI is InChI=1S/C26H28N8O2/c1-3-33-24-23(25(35)29-26(33)36)34(15-17-7-9-18(10-8-17)20-11-13-31(2)30-20)22(28-24)14-19-16-32-12-5-4-6-21(32)27-19/h7-11,13,16H,3-6,12,14-15H2,1-2H3,(H,29,35,36). The lowest BCUT2D eigenvalue weighted by atomic mass is 10.1. The maximum atomic E-state index is 13.0. The highest BCUT2D eigenvalue weighted by atomic mass is 16.2. The number of rotatable bonds is 6. The number of aromatic amines is 1. The second-order valence-electron chi connectivity index (χ2n) is 9.34. The zero-order chi connectivity index (χ0) is 24.8. The van der Waals surface area contributed by atoms with E-state index < -0.39 is 11.2 Å². The molecule has 0 spiro atoms. The lowest BCUT2D eigenvalue weighted by molar-refractivity contribution is 0.522. The van der Waals surface area contributed by atoms with Crippen molar-refractivity contribution in [3.63, 3.8) is 0 Å². The number of nitrogens with one attached hydrogen (secondary N) is 1. The normalized spacial score (nSPS) is 13.4. The molecule has 0 bridgehead atoms. The second-order valence-corrected chi connectivity index (χ2v) is 9.34. The summed E-state index contributed by atoms with van der Waals surface area (Å²) in [5.74, 6) is 1.82. The van der Waals surface area contributed by atoms with Gasteiger partial charge in [-0.1, -0.05) is 24.3 Å². The van der Waals surface area contributed by atoms with Crippen LogP contribution in [0.2, 0.25) is 0 Å². The molecule has 10 nitrogen and oxygen atoms in total. The van der Waals surface area contributed by atoms with E-state index in [2.05, 4.69) is 20.8 Å². The zero-order valence-corrected chi connectivity index (χ0v) is 20.4. The topological polar surface area (TPSA) is 108 Å². The van der Waals surface area contributed by atoms with Crippen LogP contribution >= 0.6 is 0 Å². The molecule has 1 aliphatic rings. The van der Waals surface area contributed by atoms with E-state index in [0.717, 1.165) is 54.1 Å². The van der Waals surface area contributed by atoms with Crippen LogP contribution in [0.25, 0.3) is 22.4 Å². The van der Waals surface area contributed by atoms with Crippen LogP contribution in [0.15, 0.2) is 52.3 Å². The zero-order valence-electron chi connectivity index (χ0n) is 20.4. The summed E-state index contributed by atoms with van der Waals surface area (Å²) < 4.78 is 7.43. The van der Waals surface area contributed by atoms with Crippen molar-refractivity contribution in [3.8, 4) is 11.3 Å². The van der Waals surface area contributed by atoms with Gasteiger partial charge in [-0.3, -0.25) is 19.0 Å². The Hall–Kier alpha value is -4.21. The Bertz CT molecular complexity index is 1660. The first kappa shape index (κ1) is 22.3. The van der Waals surface area contributed by atoms with Crippen LogP contribution in [0, 0.1) is 0 Å². The lowest BCUT2D eigenvalue weighted by Gasteiger charge is -2.11. The van der Waals surface area contributed by atoms with Crippen molar-refractivity contribution in [2.45, 2.75) is 52.2 Å². The average molecular weight is 485 g/mol. The van der Waals surface area contributed by atoms with E-state index in [4.69, 9.17) is 9.97 Å². The van der Waals surface area contributed by atoms with Crippen LogP contribution in [0.4, 0.5) is 0 Å². The van der Waals surface area contributed by atoms with Gasteiger partial charge >= 0.3 is 5.69 Å². The molecule has 0 aliphatic carbocycles. The number of imidazole rings is 2. The van der Waals surface area contributed by atoms with Gasteiger partial charge in [-0.05, 0) is 31.4 Å². The fourth-order valence-corrected chi connectivity index (χ4v) is 5.07. The highest BCUT2D eigenvalue weighted by molar-refractivity contribution is 5.71. The Balaban J connectivity index is 1.42. The van der Waals surface area contributed by atoms with Gasteiger partial charge in [0.2, 0.25) is 0 Å². The molecule has 0 atom stereocenters. The highest BCUT2D eigenvalue weighted by Gasteiger charge is 2.21. The fourth-order valence-electron chi connectivity index (χ4n) is 5.07. The molecule has 0 saturated carbocycles. The molecule has 36 heavy (non-hydrogen) atoms. The molecule has 1 N–H and O–H groups in total. The van der Waals surface area contributed by atoms with E-state index in [1.807, 2.05) is 55.1 Å². The smallest absolute Gasteiger partial charge is 0.330 e. The number of benzene rings is 1. The van der Waals surface area contributed by atoms with Crippen molar-refractivity contribution in [2.24, 2.45) is 7.05 Å². The van der Waals surface area contributed by atoms with Crippen LogP contribution in [0.5, 0.6) is 0 Å². The Morgan fingerprint density at radius 2 is 1.86 bits per heavy atom. The summed E-state index contributed by atoms with van der Waals surface area (Å²) >= 11 is 0. The van der Waals surface area contributed by atoms with E-state index in [0.29, 0.717) is 36.5 Å². The third-order valence-corrected chi connectivity index (χ3v) is 6.88. The summed E-state index contributed by atoms with van der Waals surface area (Å²) in [6.45, 7) is 3.72. The maximum Gasteiger partial charge on any atom is 0.330 e. The molecule has 0 fully saturated rings. The first-order valence-corrected chi connectivity index (χ1v) is 12.4. The number of nitrogens with zero attached hydrogens (tertiary/aromatic N) is 7. The molecule has 0 saturated heterocycles. The molecule has 6 rings (SSSR count). The van der Waals surface area contributed by atoms with Gasteiger partial charge in [0.05, 0.1) is 11.4 Å². The first-order valence-electron chi connectivity index (χ1n) is 12.4. The van der Waals surface area contributed by atoms with Crippen LogP contribution in [-0.2, 0) is 39.5 Å². The number of aromatic nitrogens is 8. The predicted octanol–water partition coefficient (Wildman–Crippen LogP) is 2.48. The Morgan fingerprint density at radius 3 is 2.58 bits per heavy atom. The van der Waals surface area contributed by atoms with Crippen molar-refractivity contribution in [1.82, 2.24) is 38.4 Å². The van der Waals surface area contributed by atoms with E-state index in [9.17, 15) is 9.59 Å². The fraction of sp³-hybridized carbons (Fsp3) is 0.346. The van der Waals surface area contributed by atoms with Crippen molar-refractivity contribution in [1.29, 1.82) is 0 Å². The van der Waals surface area contributed by atoms with Crippen LogP contribution < -0.4 is 11.2 Å². The summed E-state index contributed by atoms with van der Waals surface area (Å²) in [4.78, 5) is 37.6. The van der Waals surface area contributed by atoms with Gasteiger partial charge in [0.1, 0.15) is 11.6 Å². The van der Waals surface area contributed by atoms with Gasteiger partial charge in [0, 0.05) is 57.5 Å². The summed E-state index contributed by atoms with van der Waals surface area (Å²) in [6.07, 6.45) is 7.79. The van der Waals surface area contributed by atoms with Crippen molar-refractivity contribution in [2.75, 3.05) is 0 Å². The molecule has 5 heterocycles. The van der Waals surface area contributed by atoms with E-state index >= 15 is 0 Å². The quantitative estimate of drug-likeness (QED) is 0.398. The average Bonchev–Trinajstić information content (AvgIpc) is 3.57. The molecular weight excluding hydrogens is 456 g/mol. The van der Waals surface area contributed by atoms with Crippen molar-refractivity contribution < 1.29 is 0 Å². The molecule has 184 valence electrons. The monoisotopic (exact) mass is 484 g/mol. The molecule has 0 unspecified atom stereocenters. The highest BCUT2D eigenvalue weighted by Crippen LogP contribution is 2.22. The Kier molecular flexibility index (Phi) is 5.43. The van der Waals surface area contributed by atoms with Crippen LogP contribution in [-0.4, -0.2) is 38.4 Å². The SMILES string of the molecule is CCn1c(=O)[nH]c(=O)c2c1nc(Cc1cn3c(n1)CCCC3)n2Cc1ccc(-c2ccn(C)n2)cc1. The van der Waals surface area contributed by atoms with Gasteiger partial charge in [-0.2, -0.15) is 5.10 Å². The molecule has 4 aromatic heterocycles. The molecular formula is C26H28N8O2. The van der Waals surface area contributed by atoms with E-state index in [1.54, 1.807) is 4.68 Å². The number of fused-ring (bicyclic) bond motifs is 2. The van der Waals surface area contributed by atoms with Gasteiger partial charge in [-0.15, -0.1) is 0 Å². The molecule has 5 aromatic rings. The summed E-state index contributed by atoms with van der Waals surface area (Å²) in [5, 5.41) is 4.47.